The predicted molar refractivity (Wildman–Crippen MR) is 121 cm³/mol. The lowest BCUT2D eigenvalue weighted by Gasteiger charge is -2.03. The first-order valence-corrected chi connectivity index (χ1v) is 9.59. The van der Waals surface area contributed by atoms with Gasteiger partial charge in [0.15, 0.2) is 0 Å². The van der Waals surface area contributed by atoms with E-state index in [0.29, 0.717) is 24.2 Å². The number of halogens is 1. The van der Waals surface area contributed by atoms with E-state index in [1.807, 2.05) is 0 Å². The van der Waals surface area contributed by atoms with Crippen LogP contribution in [-0.2, 0) is 9.59 Å². The maximum Gasteiger partial charge on any atom is 0.320 e. The van der Waals surface area contributed by atoms with Crippen LogP contribution in [0.2, 0.25) is 5.02 Å². The molecule has 0 unspecified atom stereocenters. The average molecular weight is 437 g/mol. The van der Waals surface area contributed by atoms with Crippen LogP contribution in [0.5, 0.6) is 0 Å². The van der Waals surface area contributed by atoms with Gasteiger partial charge in [-0.2, -0.15) is 0 Å². The molecule has 0 aliphatic carbocycles. The number of unbranched alkanes of at least 4 members (excludes halogenated alkanes) is 1. The topological polar surface area (TPSA) is 162 Å². The first kappa shape index (κ1) is 27.1. The van der Waals surface area contributed by atoms with Gasteiger partial charge in [-0.15, -0.1) is 0 Å². The SMILES string of the molecule is CC(=O)Nc1ccc(C=O)cc1.NCCCC[C@H](N)C(=O)O.Nc1ccc(Cl)cc1. The maximum atomic E-state index is 10.6. The Kier molecular flexibility index (Phi) is 14.4. The molecule has 8 N–H and O–H groups in total. The summed E-state index contributed by atoms with van der Waals surface area (Å²) in [5.41, 5.74) is 17.8. The Hall–Kier alpha value is -2.94. The van der Waals surface area contributed by atoms with Crippen LogP contribution >= 0.6 is 11.6 Å². The van der Waals surface area contributed by atoms with Gasteiger partial charge in [0.05, 0.1) is 0 Å². The highest BCUT2D eigenvalue weighted by Gasteiger charge is 2.09. The largest absolute Gasteiger partial charge is 0.480 e. The van der Waals surface area contributed by atoms with Gasteiger partial charge in [-0.3, -0.25) is 14.4 Å². The van der Waals surface area contributed by atoms with E-state index in [2.05, 4.69) is 5.32 Å². The lowest BCUT2D eigenvalue weighted by Crippen LogP contribution is -2.29. The summed E-state index contributed by atoms with van der Waals surface area (Å²) >= 11 is 5.56. The van der Waals surface area contributed by atoms with Crippen molar-refractivity contribution < 1.29 is 19.5 Å². The van der Waals surface area contributed by atoms with Crippen molar-refractivity contribution in [1.82, 2.24) is 0 Å². The lowest BCUT2D eigenvalue weighted by molar-refractivity contribution is -0.138. The summed E-state index contributed by atoms with van der Waals surface area (Å²) in [6, 6.07) is 13.0. The number of hydrogen-bond donors (Lipinski definition) is 5. The van der Waals surface area contributed by atoms with Crippen molar-refractivity contribution in [3.05, 3.63) is 59.1 Å². The highest BCUT2D eigenvalue weighted by Crippen LogP contribution is 2.09. The van der Waals surface area contributed by atoms with Crippen molar-refractivity contribution in [2.45, 2.75) is 32.2 Å². The number of nitrogen functional groups attached to an aromatic ring is 1. The molecule has 1 amide bonds. The van der Waals surface area contributed by atoms with E-state index in [9.17, 15) is 14.4 Å². The van der Waals surface area contributed by atoms with Crippen LogP contribution < -0.4 is 22.5 Å². The van der Waals surface area contributed by atoms with Gasteiger partial charge in [0.1, 0.15) is 12.3 Å². The second kappa shape index (κ2) is 15.9. The second-order valence-corrected chi connectivity index (χ2v) is 6.64. The Morgan fingerprint density at radius 1 is 1.10 bits per heavy atom. The molecule has 0 saturated carbocycles. The third-order valence-electron chi connectivity index (χ3n) is 3.52. The summed E-state index contributed by atoms with van der Waals surface area (Å²) in [6.45, 7) is 2.04. The van der Waals surface area contributed by atoms with Gasteiger partial charge in [0.2, 0.25) is 5.91 Å². The first-order valence-electron chi connectivity index (χ1n) is 9.22. The Morgan fingerprint density at radius 2 is 1.67 bits per heavy atom. The van der Waals surface area contributed by atoms with Gasteiger partial charge in [0.25, 0.3) is 0 Å². The average Bonchev–Trinajstić information content (AvgIpc) is 2.71. The summed E-state index contributed by atoms with van der Waals surface area (Å²) in [7, 11) is 0. The van der Waals surface area contributed by atoms with Gasteiger partial charge < -0.3 is 27.6 Å². The fourth-order valence-corrected chi connectivity index (χ4v) is 2.07. The Balaban J connectivity index is 0.000000429. The van der Waals surface area contributed by atoms with Gasteiger partial charge >= 0.3 is 5.97 Å². The predicted octanol–water partition coefficient (Wildman–Crippen LogP) is 2.91. The lowest BCUT2D eigenvalue weighted by atomic mass is 10.1. The smallest absolute Gasteiger partial charge is 0.320 e. The summed E-state index contributed by atoms with van der Waals surface area (Å²) in [5, 5.41) is 11.6. The van der Waals surface area contributed by atoms with Crippen LogP contribution in [0.15, 0.2) is 48.5 Å². The number of carbonyl (C=O) groups excluding carboxylic acids is 2. The van der Waals surface area contributed by atoms with Crippen molar-refractivity contribution in [2.75, 3.05) is 17.6 Å². The summed E-state index contributed by atoms with van der Waals surface area (Å²) < 4.78 is 0. The van der Waals surface area contributed by atoms with Crippen molar-refractivity contribution >= 4 is 41.1 Å². The second-order valence-electron chi connectivity index (χ2n) is 6.20. The molecule has 0 aliphatic heterocycles. The molecule has 2 rings (SSSR count). The van der Waals surface area contributed by atoms with Gasteiger partial charge in [-0.25, -0.2) is 0 Å². The Labute approximate surface area is 181 Å². The molecule has 2 aromatic carbocycles. The van der Waals surface area contributed by atoms with E-state index in [0.717, 1.165) is 29.8 Å². The van der Waals surface area contributed by atoms with Gasteiger partial charge in [0, 0.05) is 28.9 Å². The highest BCUT2D eigenvalue weighted by atomic mass is 35.5. The molecule has 0 fully saturated rings. The van der Waals surface area contributed by atoms with E-state index < -0.39 is 12.0 Å². The van der Waals surface area contributed by atoms with Crippen LogP contribution in [0.25, 0.3) is 0 Å². The van der Waals surface area contributed by atoms with Gasteiger partial charge in [-0.1, -0.05) is 18.0 Å². The number of amides is 1. The maximum absolute atomic E-state index is 10.6. The number of anilines is 2. The van der Waals surface area contributed by atoms with Crippen LogP contribution in [0, 0.1) is 0 Å². The number of carboxylic acid groups (broad SMARTS) is 1. The minimum Gasteiger partial charge on any atom is -0.480 e. The minimum atomic E-state index is -0.933. The molecule has 8 nitrogen and oxygen atoms in total. The quantitative estimate of drug-likeness (QED) is 0.253. The minimum absolute atomic E-state index is 0.117. The van der Waals surface area contributed by atoms with Crippen LogP contribution in [0.1, 0.15) is 36.5 Å². The molecule has 0 aromatic heterocycles. The molecule has 164 valence electrons. The highest BCUT2D eigenvalue weighted by molar-refractivity contribution is 6.30. The van der Waals surface area contributed by atoms with E-state index in [4.69, 9.17) is 33.9 Å². The zero-order valence-electron chi connectivity index (χ0n) is 16.9. The monoisotopic (exact) mass is 436 g/mol. The standard InChI is InChI=1S/C9H9NO2.C6H6ClN.C6H14N2O2/c1-7(12)10-9-4-2-8(6-11)3-5-9;7-5-1-3-6(8)4-2-5;7-4-2-1-3-5(8)6(9)10/h2-6H,1H3,(H,10,12);1-4H,8H2;5H,1-4,7-8H2,(H,9,10)/t;;5-/m..0/s1. The fraction of sp³-hybridized carbons (Fsp3) is 0.286. The van der Waals surface area contributed by atoms with E-state index in [1.54, 1.807) is 48.5 Å². The van der Waals surface area contributed by atoms with Crippen molar-refractivity contribution in [3.8, 4) is 0 Å². The van der Waals surface area contributed by atoms with E-state index >= 15 is 0 Å². The third kappa shape index (κ3) is 14.1. The number of nitrogens with one attached hydrogen (secondary N) is 1. The fourth-order valence-electron chi connectivity index (χ4n) is 1.94. The van der Waals surface area contributed by atoms with Crippen molar-refractivity contribution in [2.24, 2.45) is 11.5 Å². The molecule has 0 heterocycles. The number of hydrogen-bond acceptors (Lipinski definition) is 6. The van der Waals surface area contributed by atoms with Crippen molar-refractivity contribution in [1.29, 1.82) is 0 Å². The zero-order valence-corrected chi connectivity index (χ0v) is 17.6. The number of aliphatic carboxylic acids is 1. The number of carboxylic acids is 1. The van der Waals surface area contributed by atoms with Crippen molar-refractivity contribution in [3.63, 3.8) is 0 Å². The summed E-state index contributed by atoms with van der Waals surface area (Å²) in [5.74, 6) is -1.05. The molecule has 0 radical (unpaired) electrons. The molecule has 0 aliphatic rings. The molecule has 0 spiro atoms. The van der Waals surface area contributed by atoms with Crippen LogP contribution in [0.4, 0.5) is 11.4 Å². The number of benzene rings is 2. The summed E-state index contributed by atoms with van der Waals surface area (Å²) in [4.78, 5) is 31.0. The summed E-state index contributed by atoms with van der Waals surface area (Å²) in [6.07, 6.45) is 2.93. The Bertz CT molecular complexity index is 747. The number of carbonyl (C=O) groups is 3. The number of nitrogens with two attached hydrogens (primary N) is 3. The molecule has 1 atom stereocenters. The molecule has 9 heteroatoms. The number of aldehydes is 1. The third-order valence-corrected chi connectivity index (χ3v) is 3.78. The normalized spacial score (nSPS) is 10.4. The molecular formula is C21H29ClN4O4. The van der Waals surface area contributed by atoms with E-state index in [1.165, 1.54) is 6.92 Å². The molecule has 0 saturated heterocycles. The molecule has 0 bridgehead atoms. The molecular weight excluding hydrogens is 408 g/mol. The van der Waals surface area contributed by atoms with E-state index in [-0.39, 0.29) is 5.91 Å². The number of rotatable bonds is 7. The zero-order chi connectivity index (χ0) is 22.9. The van der Waals surface area contributed by atoms with Crippen LogP contribution in [0.3, 0.4) is 0 Å². The van der Waals surface area contributed by atoms with Crippen LogP contribution in [-0.4, -0.2) is 35.9 Å². The first-order chi connectivity index (χ1) is 14.2. The van der Waals surface area contributed by atoms with Gasteiger partial charge in [-0.05, 0) is 67.9 Å². The molecule has 30 heavy (non-hydrogen) atoms. The Morgan fingerprint density at radius 3 is 2.07 bits per heavy atom. The molecule has 2 aromatic rings.